The van der Waals surface area contributed by atoms with Crippen LogP contribution in [0, 0.1) is 0 Å². The van der Waals surface area contributed by atoms with Gasteiger partial charge in [0.25, 0.3) is 0 Å². The first-order chi connectivity index (χ1) is 10.8. The maximum absolute atomic E-state index is 6.02. The molecule has 0 aliphatic heterocycles. The third-order valence-electron chi connectivity index (χ3n) is 3.00. The molecule has 0 unspecified atom stereocenters. The Balaban J connectivity index is 1.78. The molecule has 7 heteroatoms. The van der Waals surface area contributed by atoms with Crippen molar-refractivity contribution < 1.29 is 4.74 Å². The summed E-state index contributed by atoms with van der Waals surface area (Å²) in [6.45, 7) is 0. The van der Waals surface area contributed by atoms with Crippen LogP contribution >= 0.6 is 23.4 Å². The Bertz CT molecular complexity index is 777. The van der Waals surface area contributed by atoms with Gasteiger partial charge in [0.15, 0.2) is 0 Å². The average Bonchev–Trinajstić information content (AvgIpc) is 3.02. The number of ether oxygens (including phenoxy) is 1. The summed E-state index contributed by atoms with van der Waals surface area (Å²) in [6, 6.07) is 15.4. The molecule has 0 radical (unpaired) electrons. The number of nitrogens with zero attached hydrogens (tertiary/aromatic N) is 4. The van der Waals surface area contributed by atoms with Crippen LogP contribution in [0.3, 0.4) is 0 Å². The van der Waals surface area contributed by atoms with Crippen LogP contribution in [-0.4, -0.2) is 27.3 Å². The van der Waals surface area contributed by atoms with Gasteiger partial charge in [0.05, 0.1) is 12.8 Å². The lowest BCUT2D eigenvalue weighted by Crippen LogP contribution is -1.99. The number of tetrazole rings is 1. The zero-order valence-electron chi connectivity index (χ0n) is 11.8. The number of aromatic nitrogens is 4. The Morgan fingerprint density at radius 2 is 2.05 bits per heavy atom. The van der Waals surface area contributed by atoms with Crippen LogP contribution in [0.4, 0.5) is 0 Å². The molecule has 1 aromatic heterocycles. The molecule has 3 rings (SSSR count). The van der Waals surface area contributed by atoms with E-state index in [0.29, 0.717) is 10.2 Å². The summed E-state index contributed by atoms with van der Waals surface area (Å²) in [6.07, 6.45) is 0. The molecule has 0 bridgehead atoms. The van der Waals surface area contributed by atoms with E-state index in [4.69, 9.17) is 16.3 Å². The highest BCUT2D eigenvalue weighted by Crippen LogP contribution is 2.25. The molecule has 0 spiro atoms. The Hall–Kier alpha value is -2.05. The molecular weight excluding hydrogens is 320 g/mol. The van der Waals surface area contributed by atoms with Crippen molar-refractivity contribution in [3.63, 3.8) is 0 Å². The van der Waals surface area contributed by atoms with Gasteiger partial charge in [0.1, 0.15) is 5.75 Å². The number of benzene rings is 2. The van der Waals surface area contributed by atoms with Crippen LogP contribution < -0.4 is 4.74 Å². The van der Waals surface area contributed by atoms with E-state index in [1.54, 1.807) is 23.6 Å². The fourth-order valence-corrected chi connectivity index (χ4v) is 2.97. The third kappa shape index (κ3) is 3.40. The lowest BCUT2D eigenvalue weighted by atomic mass is 10.2. The summed E-state index contributed by atoms with van der Waals surface area (Å²) in [5.41, 5.74) is 1.98. The molecule has 0 aliphatic rings. The number of methoxy groups -OCH3 is 1. The van der Waals surface area contributed by atoms with Gasteiger partial charge < -0.3 is 4.74 Å². The molecular formula is C15H13ClN4OS. The summed E-state index contributed by atoms with van der Waals surface area (Å²) in [5, 5.41) is 13.2. The average molecular weight is 333 g/mol. The number of hydrogen-bond donors (Lipinski definition) is 0. The molecule has 0 aliphatic carbocycles. The molecule has 3 aromatic rings. The maximum atomic E-state index is 6.02. The molecule has 0 amide bonds. The van der Waals surface area contributed by atoms with Crippen LogP contribution in [0.15, 0.2) is 53.7 Å². The molecule has 112 valence electrons. The summed E-state index contributed by atoms with van der Waals surface area (Å²) in [7, 11) is 1.66. The van der Waals surface area contributed by atoms with Gasteiger partial charge in [-0.25, -0.2) is 0 Å². The highest BCUT2D eigenvalue weighted by atomic mass is 35.5. The zero-order chi connectivity index (χ0) is 15.4. The van der Waals surface area contributed by atoms with Crippen molar-refractivity contribution in [1.29, 1.82) is 0 Å². The molecule has 5 nitrogen and oxygen atoms in total. The summed E-state index contributed by atoms with van der Waals surface area (Å²) < 4.78 is 6.91. The topological polar surface area (TPSA) is 52.8 Å². The van der Waals surface area contributed by atoms with Crippen molar-refractivity contribution in [3.8, 4) is 11.4 Å². The van der Waals surface area contributed by atoms with Crippen molar-refractivity contribution in [2.45, 2.75) is 10.9 Å². The fourth-order valence-electron chi connectivity index (χ4n) is 1.95. The second-order valence-corrected chi connectivity index (χ2v) is 5.87. The van der Waals surface area contributed by atoms with E-state index in [1.807, 2.05) is 48.5 Å². The predicted molar refractivity (Wildman–Crippen MR) is 86.7 cm³/mol. The van der Waals surface area contributed by atoms with Gasteiger partial charge in [0, 0.05) is 10.8 Å². The summed E-state index contributed by atoms with van der Waals surface area (Å²) in [4.78, 5) is 0. The molecule has 0 saturated heterocycles. The normalized spacial score (nSPS) is 10.6. The Morgan fingerprint density at radius 1 is 1.18 bits per heavy atom. The first kappa shape index (κ1) is 14.9. The first-order valence-electron chi connectivity index (χ1n) is 6.56. The van der Waals surface area contributed by atoms with Crippen LogP contribution in [-0.2, 0) is 5.75 Å². The number of hydrogen-bond acceptors (Lipinski definition) is 5. The summed E-state index contributed by atoms with van der Waals surface area (Å²) in [5.74, 6) is 1.59. The third-order valence-corrected chi connectivity index (χ3v) is 4.22. The van der Waals surface area contributed by atoms with Crippen molar-refractivity contribution in [2.75, 3.05) is 7.11 Å². The van der Waals surface area contributed by atoms with Crippen molar-refractivity contribution in [1.82, 2.24) is 20.2 Å². The van der Waals surface area contributed by atoms with E-state index < -0.39 is 0 Å². The van der Waals surface area contributed by atoms with Gasteiger partial charge in [-0.15, -0.1) is 5.10 Å². The Labute approximate surface area is 137 Å². The smallest absolute Gasteiger partial charge is 0.214 e. The van der Waals surface area contributed by atoms with E-state index in [2.05, 4.69) is 15.5 Å². The Morgan fingerprint density at radius 3 is 2.86 bits per heavy atom. The molecule has 0 atom stereocenters. The fraction of sp³-hybridized carbons (Fsp3) is 0.133. The number of halogens is 1. The molecule has 2 aromatic carbocycles. The van der Waals surface area contributed by atoms with Gasteiger partial charge in [-0.1, -0.05) is 41.6 Å². The van der Waals surface area contributed by atoms with Gasteiger partial charge in [0.2, 0.25) is 5.16 Å². The quantitative estimate of drug-likeness (QED) is 0.668. The van der Waals surface area contributed by atoms with Crippen LogP contribution in [0.5, 0.6) is 5.75 Å². The van der Waals surface area contributed by atoms with Crippen LogP contribution in [0.2, 0.25) is 5.02 Å². The molecule has 0 fully saturated rings. The SMILES string of the molecule is COc1cccc(CSc2nnnn2-c2cccc(Cl)c2)c1. The predicted octanol–water partition coefficient (Wildman–Crippen LogP) is 3.62. The monoisotopic (exact) mass is 332 g/mol. The minimum Gasteiger partial charge on any atom is -0.497 e. The van der Waals surface area contributed by atoms with Crippen molar-refractivity contribution in [2.24, 2.45) is 0 Å². The van der Waals surface area contributed by atoms with Crippen LogP contribution in [0.1, 0.15) is 5.56 Å². The zero-order valence-corrected chi connectivity index (χ0v) is 13.4. The minimum absolute atomic E-state index is 0.650. The van der Waals surface area contributed by atoms with Gasteiger partial charge in [-0.3, -0.25) is 0 Å². The highest BCUT2D eigenvalue weighted by molar-refractivity contribution is 7.98. The minimum atomic E-state index is 0.650. The van der Waals surface area contributed by atoms with Crippen LogP contribution in [0.25, 0.3) is 5.69 Å². The van der Waals surface area contributed by atoms with Gasteiger partial charge >= 0.3 is 0 Å². The second-order valence-electron chi connectivity index (χ2n) is 4.49. The maximum Gasteiger partial charge on any atom is 0.214 e. The number of rotatable bonds is 5. The second kappa shape index (κ2) is 6.81. The van der Waals surface area contributed by atoms with Gasteiger partial charge in [-0.05, 0) is 46.3 Å². The van der Waals surface area contributed by atoms with Gasteiger partial charge in [-0.2, -0.15) is 4.68 Å². The largest absolute Gasteiger partial charge is 0.497 e. The molecule has 0 N–H and O–H groups in total. The van der Waals surface area contributed by atoms with Crippen molar-refractivity contribution in [3.05, 3.63) is 59.1 Å². The van der Waals surface area contributed by atoms with E-state index in [9.17, 15) is 0 Å². The highest BCUT2D eigenvalue weighted by Gasteiger charge is 2.09. The molecule has 22 heavy (non-hydrogen) atoms. The summed E-state index contributed by atoms with van der Waals surface area (Å²) >= 11 is 7.57. The van der Waals surface area contributed by atoms with Crippen molar-refractivity contribution >= 4 is 23.4 Å². The van der Waals surface area contributed by atoms with E-state index >= 15 is 0 Å². The molecule has 0 saturated carbocycles. The van der Waals surface area contributed by atoms with E-state index in [-0.39, 0.29) is 0 Å². The lowest BCUT2D eigenvalue weighted by molar-refractivity contribution is 0.414. The molecule has 1 heterocycles. The first-order valence-corrected chi connectivity index (χ1v) is 7.92. The standard InChI is InChI=1S/C15H13ClN4OS/c1-21-14-7-2-4-11(8-14)10-22-15-17-18-19-20(15)13-6-3-5-12(16)9-13/h2-9H,10H2,1H3. The van der Waals surface area contributed by atoms with E-state index in [1.165, 1.54) is 0 Å². The van der Waals surface area contributed by atoms with E-state index in [0.717, 1.165) is 22.8 Å². The lowest BCUT2D eigenvalue weighted by Gasteiger charge is -2.06. The Kier molecular flexibility index (Phi) is 4.60. The number of thioether (sulfide) groups is 1.